The molecule has 2 atom stereocenters. The minimum atomic E-state index is -2.36. The zero-order valence-electron chi connectivity index (χ0n) is 8.77. The molecule has 3 rings (SSSR count). The summed E-state index contributed by atoms with van der Waals surface area (Å²) < 4.78 is 27.5. The molecule has 2 unspecified atom stereocenters. The van der Waals surface area contributed by atoms with E-state index in [0.717, 1.165) is 19.4 Å². The highest BCUT2D eigenvalue weighted by atomic mass is 35.5. The lowest BCUT2D eigenvalue weighted by molar-refractivity contribution is 0.0565. The van der Waals surface area contributed by atoms with E-state index in [2.05, 4.69) is 5.32 Å². The molecular formula is C11H18ClF2N. The van der Waals surface area contributed by atoms with Crippen molar-refractivity contribution < 1.29 is 8.78 Å². The van der Waals surface area contributed by atoms with Gasteiger partial charge in [0.25, 0.3) is 5.92 Å². The first-order valence-electron chi connectivity index (χ1n) is 5.77. The molecule has 4 heteroatoms. The summed E-state index contributed by atoms with van der Waals surface area (Å²) in [6.07, 6.45) is 5.12. The lowest BCUT2D eigenvalue weighted by Crippen LogP contribution is -2.16. The van der Waals surface area contributed by atoms with Crippen LogP contribution in [-0.4, -0.2) is 19.0 Å². The monoisotopic (exact) mass is 237 g/mol. The molecule has 3 aliphatic rings. The first kappa shape index (κ1) is 11.6. The largest absolute Gasteiger partial charge is 0.316 e. The number of alkyl halides is 2. The standard InChI is InChI=1S/C11H17F2N.ClH/c12-11(13)9(8-3-1-2-4-8)10(11)5-6-14-7-10;/h8-9,14H,1-7H2;1H. The van der Waals surface area contributed by atoms with Crippen LogP contribution < -0.4 is 5.32 Å². The van der Waals surface area contributed by atoms with E-state index in [9.17, 15) is 8.78 Å². The van der Waals surface area contributed by atoms with Gasteiger partial charge in [-0.25, -0.2) is 8.78 Å². The van der Waals surface area contributed by atoms with Crippen LogP contribution in [0, 0.1) is 17.3 Å². The summed E-state index contributed by atoms with van der Waals surface area (Å²) in [5.74, 6) is -2.32. The Bertz CT molecular complexity index is 245. The summed E-state index contributed by atoms with van der Waals surface area (Å²) in [5.41, 5.74) is -0.623. The molecule has 0 radical (unpaired) electrons. The molecule has 0 amide bonds. The Morgan fingerprint density at radius 1 is 1.13 bits per heavy atom. The Hall–Kier alpha value is 0.110. The van der Waals surface area contributed by atoms with Crippen molar-refractivity contribution in [3.8, 4) is 0 Å². The van der Waals surface area contributed by atoms with Gasteiger partial charge < -0.3 is 5.32 Å². The summed E-state index contributed by atoms with van der Waals surface area (Å²) in [6.45, 7) is 1.35. The maximum absolute atomic E-state index is 13.8. The maximum Gasteiger partial charge on any atom is 0.259 e. The highest BCUT2D eigenvalue weighted by Crippen LogP contribution is 2.72. The molecular weight excluding hydrogens is 220 g/mol. The average molecular weight is 238 g/mol. The van der Waals surface area contributed by atoms with Crippen LogP contribution in [0.2, 0.25) is 0 Å². The Balaban J connectivity index is 0.000000853. The SMILES string of the molecule is Cl.FC1(F)C(C2CCCC2)C12CCNC2. The van der Waals surface area contributed by atoms with Crippen LogP contribution >= 0.6 is 12.4 Å². The van der Waals surface area contributed by atoms with Gasteiger partial charge in [0.2, 0.25) is 0 Å². The Morgan fingerprint density at radius 3 is 2.33 bits per heavy atom. The first-order chi connectivity index (χ1) is 6.68. The van der Waals surface area contributed by atoms with E-state index >= 15 is 0 Å². The fourth-order valence-electron chi connectivity index (χ4n) is 3.84. The molecule has 0 aromatic rings. The Labute approximate surface area is 95.4 Å². The van der Waals surface area contributed by atoms with Crippen molar-refractivity contribution in [1.82, 2.24) is 5.32 Å². The lowest BCUT2D eigenvalue weighted by Gasteiger charge is -2.09. The van der Waals surface area contributed by atoms with E-state index in [-0.39, 0.29) is 18.3 Å². The third-order valence-electron chi connectivity index (χ3n) is 4.63. The summed E-state index contributed by atoms with van der Waals surface area (Å²) in [4.78, 5) is 0. The topological polar surface area (TPSA) is 12.0 Å². The predicted octanol–water partition coefficient (Wildman–Crippen LogP) is 2.84. The van der Waals surface area contributed by atoms with Gasteiger partial charge in [-0.1, -0.05) is 12.8 Å². The van der Waals surface area contributed by atoms with Crippen molar-refractivity contribution >= 4 is 12.4 Å². The first-order valence-corrected chi connectivity index (χ1v) is 5.77. The van der Waals surface area contributed by atoms with Crippen molar-refractivity contribution in [2.45, 2.75) is 38.0 Å². The molecule has 3 fully saturated rings. The number of hydrogen-bond donors (Lipinski definition) is 1. The fourth-order valence-corrected chi connectivity index (χ4v) is 3.84. The summed E-state index contributed by atoms with van der Waals surface area (Å²) in [5, 5.41) is 3.10. The summed E-state index contributed by atoms with van der Waals surface area (Å²) in [7, 11) is 0. The molecule has 0 bridgehead atoms. The van der Waals surface area contributed by atoms with Crippen molar-refractivity contribution in [1.29, 1.82) is 0 Å². The van der Waals surface area contributed by atoms with Crippen LogP contribution in [0.3, 0.4) is 0 Å². The second-order valence-electron chi connectivity index (χ2n) is 5.23. The van der Waals surface area contributed by atoms with E-state index in [0.29, 0.717) is 18.9 Å². The third-order valence-corrected chi connectivity index (χ3v) is 4.63. The third kappa shape index (κ3) is 1.35. The van der Waals surface area contributed by atoms with E-state index < -0.39 is 11.3 Å². The van der Waals surface area contributed by atoms with Crippen molar-refractivity contribution in [2.24, 2.45) is 17.3 Å². The molecule has 2 aliphatic carbocycles. The quantitative estimate of drug-likeness (QED) is 0.740. The van der Waals surface area contributed by atoms with Gasteiger partial charge in [-0.05, 0) is 31.7 Å². The highest BCUT2D eigenvalue weighted by molar-refractivity contribution is 5.85. The van der Waals surface area contributed by atoms with Crippen molar-refractivity contribution in [2.75, 3.05) is 13.1 Å². The van der Waals surface area contributed by atoms with Gasteiger partial charge in [0, 0.05) is 12.5 Å². The second kappa shape index (κ2) is 3.56. The second-order valence-corrected chi connectivity index (χ2v) is 5.23. The van der Waals surface area contributed by atoms with Crippen LogP contribution in [0.15, 0.2) is 0 Å². The van der Waals surface area contributed by atoms with E-state index in [1.807, 2.05) is 0 Å². The lowest BCUT2D eigenvalue weighted by atomic mass is 9.93. The van der Waals surface area contributed by atoms with Gasteiger partial charge in [-0.15, -0.1) is 12.4 Å². The summed E-state index contributed by atoms with van der Waals surface area (Å²) in [6, 6.07) is 0. The molecule has 1 nitrogen and oxygen atoms in total. The molecule has 1 saturated heterocycles. The van der Waals surface area contributed by atoms with Crippen LogP contribution in [0.1, 0.15) is 32.1 Å². The fraction of sp³-hybridized carbons (Fsp3) is 1.00. The van der Waals surface area contributed by atoms with Crippen LogP contribution in [0.25, 0.3) is 0 Å². The minimum Gasteiger partial charge on any atom is -0.316 e. The Morgan fingerprint density at radius 2 is 1.80 bits per heavy atom. The van der Waals surface area contributed by atoms with Crippen LogP contribution in [0.5, 0.6) is 0 Å². The molecule has 88 valence electrons. The smallest absolute Gasteiger partial charge is 0.259 e. The van der Waals surface area contributed by atoms with Gasteiger partial charge in [0.05, 0.1) is 5.41 Å². The molecule has 2 saturated carbocycles. The maximum atomic E-state index is 13.8. The molecule has 0 aromatic heterocycles. The van der Waals surface area contributed by atoms with Gasteiger partial charge >= 0.3 is 0 Å². The molecule has 1 spiro atoms. The molecule has 0 aromatic carbocycles. The van der Waals surface area contributed by atoms with Gasteiger partial charge in [0.1, 0.15) is 0 Å². The van der Waals surface area contributed by atoms with Crippen LogP contribution in [-0.2, 0) is 0 Å². The number of hydrogen-bond acceptors (Lipinski definition) is 1. The average Bonchev–Trinajstić information content (AvgIpc) is 2.64. The molecule has 1 heterocycles. The van der Waals surface area contributed by atoms with Gasteiger partial charge in [-0.3, -0.25) is 0 Å². The molecule has 1 N–H and O–H groups in total. The van der Waals surface area contributed by atoms with Crippen molar-refractivity contribution in [3.63, 3.8) is 0 Å². The van der Waals surface area contributed by atoms with Gasteiger partial charge in [0.15, 0.2) is 0 Å². The number of nitrogens with one attached hydrogen (secondary N) is 1. The Kier molecular flexibility index (Phi) is 2.75. The van der Waals surface area contributed by atoms with E-state index in [1.54, 1.807) is 0 Å². The van der Waals surface area contributed by atoms with Crippen molar-refractivity contribution in [3.05, 3.63) is 0 Å². The number of rotatable bonds is 1. The predicted molar refractivity (Wildman–Crippen MR) is 57.6 cm³/mol. The molecule has 15 heavy (non-hydrogen) atoms. The van der Waals surface area contributed by atoms with Gasteiger partial charge in [-0.2, -0.15) is 0 Å². The minimum absolute atomic E-state index is 0. The number of halogens is 3. The normalized spacial score (nSPS) is 43.2. The van der Waals surface area contributed by atoms with Crippen LogP contribution in [0.4, 0.5) is 8.78 Å². The summed E-state index contributed by atoms with van der Waals surface area (Å²) >= 11 is 0. The van der Waals surface area contributed by atoms with E-state index in [4.69, 9.17) is 0 Å². The highest BCUT2D eigenvalue weighted by Gasteiger charge is 2.81. The molecule has 1 aliphatic heterocycles. The zero-order chi connectivity index (χ0) is 9.81. The van der Waals surface area contributed by atoms with E-state index in [1.165, 1.54) is 12.8 Å². The zero-order valence-corrected chi connectivity index (χ0v) is 9.59.